The molecule has 78 valence electrons. The van der Waals surface area contributed by atoms with Gasteiger partial charge in [-0.15, -0.1) is 0 Å². The first-order chi connectivity index (χ1) is 6.00. The highest BCUT2D eigenvalue weighted by Crippen LogP contribution is 2.19. The topological polar surface area (TPSA) is 46.2 Å². The number of hydrogen-bond acceptors (Lipinski definition) is 3. The van der Waals surface area contributed by atoms with E-state index in [1.807, 2.05) is 20.8 Å². The van der Waals surface area contributed by atoms with Gasteiger partial charge in [0.25, 0.3) is 0 Å². The molecule has 0 amide bonds. The van der Waals surface area contributed by atoms with E-state index in [2.05, 4.69) is 5.32 Å². The molecule has 1 fully saturated rings. The van der Waals surface area contributed by atoms with Crippen LogP contribution >= 0.6 is 0 Å². The quantitative estimate of drug-likeness (QED) is 0.693. The van der Waals surface area contributed by atoms with E-state index in [0.717, 1.165) is 19.4 Å². The Morgan fingerprint density at radius 2 is 2.00 bits per heavy atom. The first-order valence-electron chi connectivity index (χ1n) is 4.96. The molecule has 4 heteroatoms. The van der Waals surface area contributed by atoms with Gasteiger partial charge >= 0.3 is 0 Å². The van der Waals surface area contributed by atoms with Crippen LogP contribution in [0.3, 0.4) is 0 Å². The van der Waals surface area contributed by atoms with Crippen LogP contribution in [0.25, 0.3) is 0 Å². The minimum absolute atomic E-state index is 0.134. The molecule has 0 aromatic heterocycles. The molecule has 13 heavy (non-hydrogen) atoms. The Balaban J connectivity index is 2.92. The van der Waals surface area contributed by atoms with E-state index in [1.165, 1.54) is 0 Å². The van der Waals surface area contributed by atoms with E-state index in [0.29, 0.717) is 0 Å². The maximum absolute atomic E-state index is 11.9. The van der Waals surface area contributed by atoms with Crippen molar-refractivity contribution in [3.8, 4) is 0 Å². The van der Waals surface area contributed by atoms with E-state index < -0.39 is 9.84 Å². The summed E-state index contributed by atoms with van der Waals surface area (Å²) in [6.07, 6.45) is 1.62. The highest BCUT2D eigenvalue weighted by molar-refractivity contribution is 7.92. The van der Waals surface area contributed by atoms with Crippen LogP contribution in [-0.2, 0) is 9.84 Å². The van der Waals surface area contributed by atoms with E-state index in [9.17, 15) is 8.42 Å². The maximum Gasteiger partial charge on any atom is 0.157 e. The third-order valence-corrected chi connectivity index (χ3v) is 5.77. The van der Waals surface area contributed by atoms with Crippen LogP contribution < -0.4 is 5.32 Å². The fraction of sp³-hybridized carbons (Fsp3) is 1.00. The van der Waals surface area contributed by atoms with Gasteiger partial charge in [-0.1, -0.05) is 6.92 Å². The average Bonchev–Trinajstić information content (AvgIpc) is 2.18. The Kier molecular flexibility index (Phi) is 3.35. The van der Waals surface area contributed by atoms with Gasteiger partial charge < -0.3 is 5.32 Å². The number of nitrogens with one attached hydrogen (secondary N) is 1. The van der Waals surface area contributed by atoms with Gasteiger partial charge in [0.05, 0.1) is 10.5 Å². The van der Waals surface area contributed by atoms with E-state index in [1.54, 1.807) is 0 Å². The molecule has 1 heterocycles. The predicted molar refractivity (Wildman–Crippen MR) is 54.5 cm³/mol. The Morgan fingerprint density at radius 3 is 2.54 bits per heavy atom. The second kappa shape index (κ2) is 3.96. The molecule has 0 aliphatic carbocycles. The molecule has 0 radical (unpaired) electrons. The lowest BCUT2D eigenvalue weighted by Crippen LogP contribution is -2.40. The summed E-state index contributed by atoms with van der Waals surface area (Å²) in [6, 6.07) is 0.134. The number of hydrogen-bond donors (Lipinski definition) is 1. The number of rotatable bonds is 1. The fourth-order valence-corrected chi connectivity index (χ4v) is 3.80. The lowest BCUT2D eigenvalue weighted by Gasteiger charge is -2.21. The monoisotopic (exact) mass is 205 g/mol. The SMILES string of the molecule is CCC1NCCC(C)S(=O)(=O)C1C. The van der Waals surface area contributed by atoms with Crippen LogP contribution in [0.15, 0.2) is 0 Å². The average molecular weight is 205 g/mol. The lowest BCUT2D eigenvalue weighted by atomic mass is 10.1. The molecule has 3 atom stereocenters. The molecule has 1 N–H and O–H groups in total. The summed E-state index contributed by atoms with van der Waals surface area (Å²) in [5, 5.41) is 2.86. The normalized spacial score (nSPS) is 39.8. The zero-order chi connectivity index (χ0) is 10.1. The summed E-state index contributed by atoms with van der Waals surface area (Å²) < 4.78 is 23.7. The largest absolute Gasteiger partial charge is 0.313 e. The zero-order valence-electron chi connectivity index (χ0n) is 8.58. The summed E-state index contributed by atoms with van der Waals surface area (Å²) in [4.78, 5) is 0. The van der Waals surface area contributed by atoms with Gasteiger partial charge in [0.1, 0.15) is 0 Å². The molecule has 3 nitrogen and oxygen atoms in total. The summed E-state index contributed by atoms with van der Waals surface area (Å²) in [5.41, 5.74) is 0. The third-order valence-electron chi connectivity index (χ3n) is 3.04. The molecular formula is C9H19NO2S. The molecule has 1 rings (SSSR count). The molecule has 0 aromatic rings. The van der Waals surface area contributed by atoms with Gasteiger partial charge in [0.15, 0.2) is 9.84 Å². The lowest BCUT2D eigenvalue weighted by molar-refractivity contribution is 0.489. The molecule has 0 bridgehead atoms. The van der Waals surface area contributed by atoms with Crippen molar-refractivity contribution in [2.24, 2.45) is 0 Å². The second-order valence-corrected chi connectivity index (χ2v) is 6.59. The molecule has 3 unspecified atom stereocenters. The Hall–Kier alpha value is -0.0900. The van der Waals surface area contributed by atoms with Crippen molar-refractivity contribution in [1.82, 2.24) is 5.32 Å². The first-order valence-corrected chi connectivity index (χ1v) is 6.57. The summed E-state index contributed by atoms with van der Waals surface area (Å²) in [6.45, 7) is 6.48. The second-order valence-electron chi connectivity index (χ2n) is 3.86. The zero-order valence-corrected chi connectivity index (χ0v) is 9.39. The van der Waals surface area contributed by atoms with Crippen LogP contribution in [-0.4, -0.2) is 31.5 Å². The molecule has 1 saturated heterocycles. The minimum atomic E-state index is -2.90. The van der Waals surface area contributed by atoms with Crippen molar-refractivity contribution in [1.29, 1.82) is 0 Å². The Morgan fingerprint density at radius 1 is 1.38 bits per heavy atom. The highest BCUT2D eigenvalue weighted by atomic mass is 32.2. The molecule has 1 aliphatic heterocycles. The van der Waals surface area contributed by atoms with Crippen molar-refractivity contribution in [2.75, 3.05) is 6.54 Å². The summed E-state index contributed by atoms with van der Waals surface area (Å²) in [5.74, 6) is 0. The van der Waals surface area contributed by atoms with Crippen LogP contribution in [0.1, 0.15) is 33.6 Å². The predicted octanol–water partition coefficient (Wildman–Crippen LogP) is 0.950. The highest BCUT2D eigenvalue weighted by Gasteiger charge is 2.34. The number of sulfone groups is 1. The van der Waals surface area contributed by atoms with E-state index in [4.69, 9.17) is 0 Å². The molecule has 0 saturated carbocycles. The third kappa shape index (κ3) is 2.05. The van der Waals surface area contributed by atoms with Crippen molar-refractivity contribution in [3.05, 3.63) is 0 Å². The van der Waals surface area contributed by atoms with E-state index >= 15 is 0 Å². The Labute approximate surface area is 80.8 Å². The van der Waals surface area contributed by atoms with Crippen molar-refractivity contribution >= 4 is 9.84 Å². The van der Waals surface area contributed by atoms with Gasteiger partial charge in [-0.25, -0.2) is 8.42 Å². The maximum atomic E-state index is 11.9. The van der Waals surface area contributed by atoms with Crippen molar-refractivity contribution < 1.29 is 8.42 Å². The van der Waals surface area contributed by atoms with Crippen molar-refractivity contribution in [2.45, 2.75) is 50.2 Å². The Bertz CT molecular complexity index is 261. The van der Waals surface area contributed by atoms with Crippen LogP contribution in [0.5, 0.6) is 0 Å². The molecule has 0 aromatic carbocycles. The van der Waals surface area contributed by atoms with Crippen LogP contribution in [0, 0.1) is 0 Å². The van der Waals surface area contributed by atoms with Crippen LogP contribution in [0.2, 0.25) is 0 Å². The smallest absolute Gasteiger partial charge is 0.157 e. The standard InChI is InChI=1S/C9H19NO2S/c1-4-9-8(3)13(11,12)7(2)5-6-10-9/h7-10H,4-6H2,1-3H3. The molecular weight excluding hydrogens is 186 g/mol. The minimum Gasteiger partial charge on any atom is -0.313 e. The van der Waals surface area contributed by atoms with Gasteiger partial charge in [0.2, 0.25) is 0 Å². The molecule has 0 spiro atoms. The fourth-order valence-electron chi connectivity index (χ4n) is 1.87. The van der Waals surface area contributed by atoms with Gasteiger partial charge in [-0.3, -0.25) is 0 Å². The summed E-state index contributed by atoms with van der Waals surface area (Å²) >= 11 is 0. The van der Waals surface area contributed by atoms with Crippen molar-refractivity contribution in [3.63, 3.8) is 0 Å². The first kappa shape index (κ1) is 11.0. The molecule has 1 aliphatic rings. The van der Waals surface area contributed by atoms with Gasteiger partial charge in [-0.05, 0) is 33.2 Å². The van der Waals surface area contributed by atoms with Gasteiger partial charge in [0, 0.05) is 6.04 Å². The van der Waals surface area contributed by atoms with E-state index in [-0.39, 0.29) is 16.5 Å². The summed E-state index contributed by atoms with van der Waals surface area (Å²) in [7, 11) is -2.90. The van der Waals surface area contributed by atoms with Gasteiger partial charge in [-0.2, -0.15) is 0 Å². The van der Waals surface area contributed by atoms with Crippen LogP contribution in [0.4, 0.5) is 0 Å².